The van der Waals surface area contributed by atoms with Crippen molar-refractivity contribution in [2.75, 3.05) is 0 Å². The van der Waals surface area contributed by atoms with Crippen LogP contribution in [0.3, 0.4) is 0 Å². The normalized spacial score (nSPS) is 22.5. The quantitative estimate of drug-likeness (QED) is 0.513. The van der Waals surface area contributed by atoms with E-state index in [-0.39, 0.29) is 35.7 Å². The molecule has 0 heterocycles. The van der Waals surface area contributed by atoms with E-state index in [1.54, 1.807) is 0 Å². The highest BCUT2D eigenvalue weighted by atomic mass is 16.2. The second kappa shape index (κ2) is 13.2. The van der Waals surface area contributed by atoms with Crippen LogP contribution in [0.2, 0.25) is 0 Å². The highest BCUT2D eigenvalue weighted by Crippen LogP contribution is 2.22. The summed E-state index contributed by atoms with van der Waals surface area (Å²) < 4.78 is 0. The molecule has 0 bridgehead atoms. The van der Waals surface area contributed by atoms with Gasteiger partial charge in [0.2, 0.25) is 11.8 Å². The largest absolute Gasteiger partial charge is 0.353 e. The van der Waals surface area contributed by atoms with Crippen LogP contribution in [0.1, 0.15) is 105 Å². The SMILES string of the molecule is CCCC[C@@H](CC)C(=O)NC1CCC(NC(=O)[C@@H](CC)CCCC)CC1. The van der Waals surface area contributed by atoms with Gasteiger partial charge in [-0.25, -0.2) is 0 Å². The molecule has 0 saturated heterocycles. The number of rotatable bonds is 12. The maximum Gasteiger partial charge on any atom is 0.223 e. The molecule has 26 heavy (non-hydrogen) atoms. The number of hydrogen-bond donors (Lipinski definition) is 2. The van der Waals surface area contributed by atoms with Gasteiger partial charge in [0.05, 0.1) is 0 Å². The van der Waals surface area contributed by atoms with E-state index < -0.39 is 0 Å². The van der Waals surface area contributed by atoms with Crippen molar-refractivity contribution < 1.29 is 9.59 Å². The Kier molecular flexibility index (Phi) is 11.6. The molecule has 0 aromatic carbocycles. The fourth-order valence-corrected chi connectivity index (χ4v) is 3.96. The first-order valence-corrected chi connectivity index (χ1v) is 11.2. The van der Waals surface area contributed by atoms with Crippen LogP contribution in [0.25, 0.3) is 0 Å². The van der Waals surface area contributed by atoms with E-state index in [1.165, 1.54) is 0 Å². The summed E-state index contributed by atoms with van der Waals surface area (Å²) >= 11 is 0. The summed E-state index contributed by atoms with van der Waals surface area (Å²) in [6, 6.07) is 0.571. The number of amides is 2. The van der Waals surface area contributed by atoms with Gasteiger partial charge >= 0.3 is 0 Å². The van der Waals surface area contributed by atoms with Crippen molar-refractivity contribution in [1.82, 2.24) is 10.6 Å². The fraction of sp³-hybridized carbons (Fsp3) is 0.909. The molecule has 0 unspecified atom stereocenters. The molecule has 0 aliphatic heterocycles. The highest BCUT2D eigenvalue weighted by molar-refractivity contribution is 5.79. The molecular formula is C22H42N2O2. The molecule has 1 rings (SSSR count). The van der Waals surface area contributed by atoms with Gasteiger partial charge in [-0.15, -0.1) is 0 Å². The lowest BCUT2D eigenvalue weighted by Crippen LogP contribution is -2.46. The first kappa shape index (κ1) is 23.0. The maximum absolute atomic E-state index is 12.5. The molecule has 1 aliphatic rings. The third-order valence-electron chi connectivity index (χ3n) is 5.96. The first-order chi connectivity index (χ1) is 12.5. The molecule has 1 saturated carbocycles. The molecule has 152 valence electrons. The predicted molar refractivity (Wildman–Crippen MR) is 109 cm³/mol. The van der Waals surface area contributed by atoms with Crippen molar-refractivity contribution in [3.8, 4) is 0 Å². The van der Waals surface area contributed by atoms with Crippen LogP contribution >= 0.6 is 0 Å². The van der Waals surface area contributed by atoms with E-state index in [0.29, 0.717) is 0 Å². The van der Waals surface area contributed by atoms with Crippen LogP contribution in [0.15, 0.2) is 0 Å². The lowest BCUT2D eigenvalue weighted by Gasteiger charge is -2.31. The Morgan fingerprint density at radius 1 is 0.731 bits per heavy atom. The Bertz CT molecular complexity index is 365. The van der Waals surface area contributed by atoms with E-state index >= 15 is 0 Å². The number of hydrogen-bond acceptors (Lipinski definition) is 2. The van der Waals surface area contributed by atoms with E-state index in [1.807, 2.05) is 0 Å². The van der Waals surface area contributed by atoms with Crippen LogP contribution in [-0.4, -0.2) is 23.9 Å². The average molecular weight is 367 g/mol. The van der Waals surface area contributed by atoms with Gasteiger partial charge in [-0.1, -0.05) is 53.4 Å². The molecular weight excluding hydrogens is 324 g/mol. The first-order valence-electron chi connectivity index (χ1n) is 11.2. The third-order valence-corrected chi connectivity index (χ3v) is 5.96. The van der Waals surface area contributed by atoms with E-state index in [0.717, 1.165) is 77.0 Å². The zero-order valence-corrected chi connectivity index (χ0v) is 17.6. The van der Waals surface area contributed by atoms with Crippen LogP contribution in [0, 0.1) is 11.8 Å². The maximum atomic E-state index is 12.5. The topological polar surface area (TPSA) is 58.2 Å². The minimum absolute atomic E-state index is 0.163. The van der Waals surface area contributed by atoms with Gasteiger partial charge in [0, 0.05) is 23.9 Å². The van der Waals surface area contributed by atoms with Crippen molar-refractivity contribution in [2.45, 2.75) is 117 Å². The van der Waals surface area contributed by atoms with Crippen LogP contribution in [-0.2, 0) is 9.59 Å². The number of nitrogens with one attached hydrogen (secondary N) is 2. The van der Waals surface area contributed by atoms with Crippen molar-refractivity contribution in [1.29, 1.82) is 0 Å². The Balaban J connectivity index is 2.35. The molecule has 1 aliphatic carbocycles. The summed E-state index contributed by atoms with van der Waals surface area (Å²) in [5.41, 5.74) is 0. The van der Waals surface area contributed by atoms with Gasteiger partial charge in [0.15, 0.2) is 0 Å². The molecule has 0 spiro atoms. The van der Waals surface area contributed by atoms with Gasteiger partial charge in [0.25, 0.3) is 0 Å². The van der Waals surface area contributed by atoms with E-state index in [2.05, 4.69) is 38.3 Å². The second-order valence-electron chi connectivity index (χ2n) is 8.06. The fourth-order valence-electron chi connectivity index (χ4n) is 3.96. The van der Waals surface area contributed by atoms with Gasteiger partial charge in [0.1, 0.15) is 0 Å². The summed E-state index contributed by atoms with van der Waals surface area (Å²) in [5.74, 6) is 0.797. The van der Waals surface area contributed by atoms with Gasteiger partial charge in [-0.2, -0.15) is 0 Å². The van der Waals surface area contributed by atoms with Crippen molar-refractivity contribution in [3.63, 3.8) is 0 Å². The highest BCUT2D eigenvalue weighted by Gasteiger charge is 2.27. The summed E-state index contributed by atoms with van der Waals surface area (Å²) in [4.78, 5) is 24.9. The van der Waals surface area contributed by atoms with Gasteiger partial charge in [-0.3, -0.25) is 9.59 Å². The van der Waals surface area contributed by atoms with Crippen LogP contribution in [0.5, 0.6) is 0 Å². The average Bonchev–Trinajstić information content (AvgIpc) is 2.64. The molecule has 4 heteroatoms. The zero-order chi connectivity index (χ0) is 19.4. The molecule has 4 nitrogen and oxygen atoms in total. The zero-order valence-electron chi connectivity index (χ0n) is 17.6. The van der Waals surface area contributed by atoms with Crippen molar-refractivity contribution in [3.05, 3.63) is 0 Å². The molecule has 2 atom stereocenters. The Morgan fingerprint density at radius 3 is 1.35 bits per heavy atom. The van der Waals surface area contributed by atoms with Crippen LogP contribution < -0.4 is 10.6 Å². The van der Waals surface area contributed by atoms with Crippen molar-refractivity contribution >= 4 is 11.8 Å². The minimum Gasteiger partial charge on any atom is -0.353 e. The second-order valence-corrected chi connectivity index (χ2v) is 8.06. The summed E-state index contributed by atoms with van der Waals surface area (Å²) in [5, 5.41) is 6.53. The minimum atomic E-state index is 0.163. The lowest BCUT2D eigenvalue weighted by atomic mass is 9.89. The Morgan fingerprint density at radius 2 is 1.08 bits per heavy atom. The Labute approximate surface area is 161 Å². The molecule has 0 aromatic rings. The van der Waals surface area contributed by atoms with Gasteiger partial charge < -0.3 is 10.6 Å². The molecule has 2 amide bonds. The summed E-state index contributed by atoms with van der Waals surface area (Å²) in [7, 11) is 0. The number of unbranched alkanes of at least 4 members (excludes halogenated alkanes) is 2. The third kappa shape index (κ3) is 8.09. The monoisotopic (exact) mass is 366 g/mol. The van der Waals surface area contributed by atoms with Crippen LogP contribution in [0.4, 0.5) is 0 Å². The van der Waals surface area contributed by atoms with E-state index in [4.69, 9.17) is 0 Å². The Hall–Kier alpha value is -1.06. The van der Waals surface area contributed by atoms with Gasteiger partial charge in [-0.05, 0) is 51.4 Å². The van der Waals surface area contributed by atoms with Crippen molar-refractivity contribution in [2.24, 2.45) is 11.8 Å². The summed E-state index contributed by atoms with van der Waals surface area (Å²) in [6.07, 6.45) is 12.3. The molecule has 0 radical (unpaired) electrons. The number of carbonyl (C=O) groups excluding carboxylic acids is 2. The number of carbonyl (C=O) groups is 2. The van der Waals surface area contributed by atoms with E-state index in [9.17, 15) is 9.59 Å². The summed E-state index contributed by atoms with van der Waals surface area (Å²) in [6.45, 7) is 8.56. The molecule has 0 aromatic heterocycles. The smallest absolute Gasteiger partial charge is 0.223 e. The predicted octanol–water partition coefficient (Wildman–Crippen LogP) is 4.96. The molecule has 2 N–H and O–H groups in total. The lowest BCUT2D eigenvalue weighted by molar-refractivity contribution is -0.128. The standard InChI is InChI=1S/C22H42N2O2/c1-5-9-11-17(7-3)21(25)23-19-13-15-20(16-14-19)24-22(26)18(8-4)12-10-6-2/h17-20H,5-16H2,1-4H3,(H,23,25)(H,24,26)/t17-,18+,19?,20?. The molecule has 1 fully saturated rings.